The van der Waals surface area contributed by atoms with Crippen LogP contribution in [0.2, 0.25) is 0 Å². The normalized spacial score (nSPS) is 13.2. The van der Waals surface area contributed by atoms with Gasteiger partial charge >= 0.3 is 0 Å². The Hall–Kier alpha value is -1.99. The monoisotopic (exact) mass is 352 g/mol. The fourth-order valence-corrected chi connectivity index (χ4v) is 2.60. The van der Waals surface area contributed by atoms with E-state index in [1.165, 1.54) is 4.80 Å². The molecule has 24 heavy (non-hydrogen) atoms. The maximum absolute atomic E-state index is 12.2. The van der Waals surface area contributed by atoms with Crippen LogP contribution in [0.15, 0.2) is 30.3 Å². The van der Waals surface area contributed by atoms with Crippen molar-refractivity contribution in [2.24, 2.45) is 11.7 Å². The quantitative estimate of drug-likeness (QED) is 0.789. The number of aromatic nitrogens is 4. The van der Waals surface area contributed by atoms with Crippen molar-refractivity contribution >= 4 is 18.3 Å². The zero-order chi connectivity index (χ0) is 16.9. The molecule has 0 spiro atoms. The summed E-state index contributed by atoms with van der Waals surface area (Å²) in [6.45, 7) is 6.57. The summed E-state index contributed by atoms with van der Waals surface area (Å²) < 4.78 is 0. The van der Waals surface area contributed by atoms with E-state index in [9.17, 15) is 4.79 Å². The van der Waals surface area contributed by atoms with Crippen molar-refractivity contribution in [2.75, 3.05) is 6.54 Å². The molecule has 7 nitrogen and oxygen atoms in total. The number of nitrogens with zero attached hydrogens (tertiary/aromatic N) is 4. The van der Waals surface area contributed by atoms with E-state index in [4.69, 9.17) is 5.73 Å². The highest BCUT2D eigenvalue weighted by Crippen LogP contribution is 2.15. The Labute approximate surface area is 148 Å². The summed E-state index contributed by atoms with van der Waals surface area (Å²) in [5.74, 6) is 0.774. The standard InChI is InChI=1S/C16H24N6O.ClH/c1-12(2)9-16(3,11-17)18-14(23)10-22-20-15(19-21-22)13-7-5-4-6-8-13;/h4-8,12H,9-11,17H2,1-3H3,(H,18,23);1H. The largest absolute Gasteiger partial charge is 0.348 e. The van der Waals surface area contributed by atoms with E-state index < -0.39 is 5.54 Å². The number of nitrogens with one attached hydrogen (secondary N) is 1. The fourth-order valence-electron chi connectivity index (χ4n) is 2.60. The molecule has 1 aromatic carbocycles. The van der Waals surface area contributed by atoms with E-state index >= 15 is 0 Å². The molecule has 0 aliphatic rings. The van der Waals surface area contributed by atoms with Crippen molar-refractivity contribution in [1.82, 2.24) is 25.5 Å². The summed E-state index contributed by atoms with van der Waals surface area (Å²) in [6.07, 6.45) is 0.815. The highest BCUT2D eigenvalue weighted by Gasteiger charge is 2.26. The van der Waals surface area contributed by atoms with Gasteiger partial charge in [0.2, 0.25) is 11.7 Å². The van der Waals surface area contributed by atoms with E-state index in [-0.39, 0.29) is 24.9 Å². The second kappa shape index (κ2) is 8.75. The molecule has 1 aromatic heterocycles. The Morgan fingerprint density at radius 1 is 1.33 bits per heavy atom. The third kappa shape index (κ3) is 5.58. The Morgan fingerprint density at radius 2 is 2.00 bits per heavy atom. The van der Waals surface area contributed by atoms with Gasteiger partial charge in [-0.05, 0) is 24.5 Å². The van der Waals surface area contributed by atoms with Crippen LogP contribution in [0.25, 0.3) is 11.4 Å². The SMILES string of the molecule is CC(C)CC(C)(CN)NC(=O)Cn1nnc(-c2ccccc2)n1.Cl. The Kier molecular flexibility index (Phi) is 7.31. The van der Waals surface area contributed by atoms with Gasteiger partial charge in [0.25, 0.3) is 0 Å². The van der Waals surface area contributed by atoms with Crippen molar-refractivity contribution in [2.45, 2.75) is 39.3 Å². The van der Waals surface area contributed by atoms with Crippen LogP contribution in [0.1, 0.15) is 27.2 Å². The number of nitrogens with two attached hydrogens (primary N) is 1. The van der Waals surface area contributed by atoms with Gasteiger partial charge in [0.1, 0.15) is 6.54 Å². The van der Waals surface area contributed by atoms with Gasteiger partial charge in [-0.1, -0.05) is 44.2 Å². The average molecular weight is 353 g/mol. The van der Waals surface area contributed by atoms with E-state index in [2.05, 4.69) is 34.6 Å². The number of carbonyl (C=O) groups is 1. The summed E-state index contributed by atoms with van der Waals surface area (Å²) in [5.41, 5.74) is 6.26. The smallest absolute Gasteiger partial charge is 0.244 e. The van der Waals surface area contributed by atoms with Crippen LogP contribution in [-0.2, 0) is 11.3 Å². The Bertz CT molecular complexity index is 645. The van der Waals surface area contributed by atoms with Crippen LogP contribution in [0.4, 0.5) is 0 Å². The molecule has 1 unspecified atom stereocenters. The molecule has 0 bridgehead atoms. The highest BCUT2D eigenvalue weighted by atomic mass is 35.5. The van der Waals surface area contributed by atoms with Gasteiger partial charge in [-0.2, -0.15) is 4.80 Å². The van der Waals surface area contributed by atoms with E-state index in [0.717, 1.165) is 12.0 Å². The molecule has 0 aliphatic heterocycles. The van der Waals surface area contributed by atoms with Crippen LogP contribution >= 0.6 is 12.4 Å². The Balaban J connectivity index is 0.00000288. The van der Waals surface area contributed by atoms with Crippen LogP contribution in [0.3, 0.4) is 0 Å². The molecule has 0 saturated carbocycles. The predicted octanol–water partition coefficient (Wildman–Crippen LogP) is 1.64. The van der Waals surface area contributed by atoms with Gasteiger partial charge in [-0.15, -0.1) is 22.6 Å². The number of carbonyl (C=O) groups excluding carboxylic acids is 1. The molecular formula is C16H25ClN6O. The lowest BCUT2D eigenvalue weighted by molar-refractivity contribution is -0.124. The molecule has 2 aromatic rings. The minimum Gasteiger partial charge on any atom is -0.348 e. The third-order valence-corrected chi connectivity index (χ3v) is 3.52. The number of tetrazole rings is 1. The fraction of sp³-hybridized carbons (Fsp3) is 0.500. The minimum absolute atomic E-state index is 0. The first-order chi connectivity index (χ1) is 10.9. The molecule has 0 aliphatic carbocycles. The second-order valence-corrected chi connectivity index (χ2v) is 6.42. The van der Waals surface area contributed by atoms with Gasteiger partial charge in [0, 0.05) is 17.6 Å². The first-order valence-corrected chi connectivity index (χ1v) is 7.76. The van der Waals surface area contributed by atoms with Crippen molar-refractivity contribution in [3.05, 3.63) is 30.3 Å². The van der Waals surface area contributed by atoms with E-state index in [1.807, 2.05) is 37.3 Å². The van der Waals surface area contributed by atoms with Crippen LogP contribution in [0, 0.1) is 5.92 Å². The average Bonchev–Trinajstić information content (AvgIpc) is 2.95. The number of rotatable bonds is 7. The number of hydrogen-bond acceptors (Lipinski definition) is 5. The lowest BCUT2D eigenvalue weighted by atomic mass is 9.91. The van der Waals surface area contributed by atoms with Gasteiger partial charge in [0.15, 0.2) is 0 Å². The molecular weight excluding hydrogens is 328 g/mol. The zero-order valence-electron chi connectivity index (χ0n) is 14.3. The van der Waals surface area contributed by atoms with Crippen molar-refractivity contribution in [3.8, 4) is 11.4 Å². The van der Waals surface area contributed by atoms with Gasteiger partial charge < -0.3 is 11.1 Å². The molecule has 0 radical (unpaired) electrons. The number of hydrogen-bond donors (Lipinski definition) is 2. The summed E-state index contributed by atoms with van der Waals surface area (Å²) in [6, 6.07) is 9.53. The van der Waals surface area contributed by atoms with Crippen molar-refractivity contribution < 1.29 is 4.79 Å². The summed E-state index contributed by atoms with van der Waals surface area (Å²) in [5, 5.41) is 15.1. The first-order valence-electron chi connectivity index (χ1n) is 7.76. The number of benzene rings is 1. The zero-order valence-corrected chi connectivity index (χ0v) is 15.1. The third-order valence-electron chi connectivity index (χ3n) is 3.52. The number of halogens is 1. The summed E-state index contributed by atoms with van der Waals surface area (Å²) >= 11 is 0. The summed E-state index contributed by atoms with van der Waals surface area (Å²) in [7, 11) is 0. The molecule has 1 amide bonds. The van der Waals surface area contributed by atoms with Gasteiger partial charge in [-0.25, -0.2) is 0 Å². The minimum atomic E-state index is -0.423. The molecule has 2 rings (SSSR count). The van der Waals surface area contributed by atoms with Crippen LogP contribution in [-0.4, -0.2) is 38.2 Å². The molecule has 1 heterocycles. The van der Waals surface area contributed by atoms with Crippen LogP contribution in [0.5, 0.6) is 0 Å². The second-order valence-electron chi connectivity index (χ2n) is 6.42. The molecule has 0 fully saturated rings. The Morgan fingerprint density at radius 3 is 2.58 bits per heavy atom. The van der Waals surface area contributed by atoms with Crippen LogP contribution < -0.4 is 11.1 Å². The number of amides is 1. The lowest BCUT2D eigenvalue weighted by Gasteiger charge is -2.31. The van der Waals surface area contributed by atoms with E-state index in [0.29, 0.717) is 18.3 Å². The van der Waals surface area contributed by atoms with E-state index in [1.54, 1.807) is 0 Å². The van der Waals surface area contributed by atoms with Crippen molar-refractivity contribution in [3.63, 3.8) is 0 Å². The molecule has 1 atom stereocenters. The maximum Gasteiger partial charge on any atom is 0.244 e. The lowest BCUT2D eigenvalue weighted by Crippen LogP contribution is -2.53. The first kappa shape index (κ1) is 20.1. The molecule has 3 N–H and O–H groups in total. The van der Waals surface area contributed by atoms with Gasteiger partial charge in [-0.3, -0.25) is 4.79 Å². The molecule has 132 valence electrons. The topological polar surface area (TPSA) is 98.7 Å². The van der Waals surface area contributed by atoms with Crippen molar-refractivity contribution in [1.29, 1.82) is 0 Å². The highest BCUT2D eigenvalue weighted by molar-refractivity contribution is 5.85. The summed E-state index contributed by atoms with van der Waals surface area (Å²) in [4.78, 5) is 13.5. The van der Waals surface area contributed by atoms with Gasteiger partial charge in [0.05, 0.1) is 0 Å². The predicted molar refractivity (Wildman–Crippen MR) is 95.6 cm³/mol. The molecule has 8 heteroatoms. The maximum atomic E-state index is 12.2. The molecule has 0 saturated heterocycles.